The summed E-state index contributed by atoms with van der Waals surface area (Å²) in [5.41, 5.74) is 3.08. The summed E-state index contributed by atoms with van der Waals surface area (Å²) in [6.45, 7) is 4.22. The van der Waals surface area contributed by atoms with Crippen LogP contribution < -0.4 is 5.32 Å². The van der Waals surface area contributed by atoms with E-state index in [1.807, 2.05) is 66.7 Å². The van der Waals surface area contributed by atoms with E-state index in [4.69, 9.17) is 0 Å². The molecule has 138 valence electrons. The van der Waals surface area contributed by atoms with Crippen molar-refractivity contribution in [1.82, 2.24) is 15.2 Å². The number of nitrogens with zero attached hydrogens (tertiary/aromatic N) is 2. The lowest BCUT2D eigenvalue weighted by molar-refractivity contribution is -0.113. The van der Waals surface area contributed by atoms with E-state index in [0.717, 1.165) is 16.8 Å². The largest absolute Gasteiger partial charge is 0.325 e. The molecule has 0 aliphatic carbocycles. The monoisotopic (exact) mass is 378 g/mol. The first kappa shape index (κ1) is 18.9. The zero-order valence-corrected chi connectivity index (χ0v) is 16.2. The van der Waals surface area contributed by atoms with Crippen LogP contribution in [-0.2, 0) is 4.79 Å². The number of aromatic amines is 1. The van der Waals surface area contributed by atoms with Gasteiger partial charge in [0.2, 0.25) is 11.1 Å². The number of benzene rings is 2. The Balaban J connectivity index is 1.54. The van der Waals surface area contributed by atoms with Gasteiger partial charge in [0.25, 0.3) is 0 Å². The smallest absolute Gasteiger partial charge is 0.234 e. The number of hydrogen-bond acceptors (Lipinski definition) is 4. The lowest BCUT2D eigenvalue weighted by Gasteiger charge is -2.13. The van der Waals surface area contributed by atoms with Crippen molar-refractivity contribution < 1.29 is 4.79 Å². The van der Waals surface area contributed by atoms with Gasteiger partial charge in [0.1, 0.15) is 5.82 Å². The minimum Gasteiger partial charge on any atom is -0.325 e. The zero-order valence-electron chi connectivity index (χ0n) is 15.3. The Labute approximate surface area is 163 Å². The van der Waals surface area contributed by atoms with Crippen LogP contribution in [0.4, 0.5) is 5.69 Å². The Kier molecular flexibility index (Phi) is 6.44. The molecule has 3 aromatic rings. The highest BCUT2D eigenvalue weighted by molar-refractivity contribution is 7.99. The Bertz CT molecular complexity index is 919. The summed E-state index contributed by atoms with van der Waals surface area (Å²) in [6, 6.07) is 17.8. The average molecular weight is 379 g/mol. The predicted molar refractivity (Wildman–Crippen MR) is 112 cm³/mol. The van der Waals surface area contributed by atoms with Gasteiger partial charge in [-0.2, -0.15) is 0 Å². The molecular weight excluding hydrogens is 356 g/mol. The van der Waals surface area contributed by atoms with E-state index in [-0.39, 0.29) is 11.7 Å². The Morgan fingerprint density at radius 3 is 2.63 bits per heavy atom. The molecule has 1 heterocycles. The highest BCUT2D eigenvalue weighted by atomic mass is 32.2. The first-order chi connectivity index (χ1) is 13.1. The Hall–Kier alpha value is -2.86. The van der Waals surface area contributed by atoms with Gasteiger partial charge < -0.3 is 5.32 Å². The maximum Gasteiger partial charge on any atom is 0.234 e. The first-order valence-corrected chi connectivity index (χ1v) is 9.77. The Morgan fingerprint density at radius 1 is 1.11 bits per heavy atom. The number of H-pyrrole nitrogens is 1. The van der Waals surface area contributed by atoms with Crippen molar-refractivity contribution in [2.75, 3.05) is 11.1 Å². The fourth-order valence-electron chi connectivity index (χ4n) is 2.57. The second kappa shape index (κ2) is 9.19. The van der Waals surface area contributed by atoms with E-state index in [2.05, 4.69) is 34.3 Å². The molecule has 0 atom stereocenters. The quantitative estimate of drug-likeness (QED) is 0.578. The molecule has 3 rings (SSSR count). The third-order valence-corrected chi connectivity index (χ3v) is 4.75. The number of hydrogen-bond donors (Lipinski definition) is 2. The van der Waals surface area contributed by atoms with Crippen LogP contribution in [0.25, 0.3) is 12.2 Å². The number of aromatic nitrogens is 3. The molecule has 1 amide bonds. The van der Waals surface area contributed by atoms with Crippen LogP contribution in [0.1, 0.15) is 36.7 Å². The van der Waals surface area contributed by atoms with Gasteiger partial charge in [0.15, 0.2) is 0 Å². The van der Waals surface area contributed by atoms with E-state index < -0.39 is 0 Å². The minimum atomic E-state index is -0.0701. The summed E-state index contributed by atoms with van der Waals surface area (Å²) in [5, 5.41) is 10.5. The fourth-order valence-corrected chi connectivity index (χ4v) is 3.17. The van der Waals surface area contributed by atoms with Crippen molar-refractivity contribution in [2.24, 2.45) is 0 Å². The number of rotatable bonds is 7. The molecule has 6 heteroatoms. The number of thioether (sulfide) groups is 1. The number of carbonyl (C=O) groups excluding carboxylic acids is 1. The summed E-state index contributed by atoms with van der Waals surface area (Å²) in [7, 11) is 0. The number of anilines is 1. The molecule has 27 heavy (non-hydrogen) atoms. The van der Waals surface area contributed by atoms with Crippen molar-refractivity contribution in [3.63, 3.8) is 0 Å². The van der Waals surface area contributed by atoms with Crippen molar-refractivity contribution in [3.8, 4) is 0 Å². The van der Waals surface area contributed by atoms with E-state index >= 15 is 0 Å². The van der Waals surface area contributed by atoms with Crippen LogP contribution in [0.3, 0.4) is 0 Å². The maximum absolute atomic E-state index is 12.3. The second-order valence-corrected chi connectivity index (χ2v) is 7.27. The van der Waals surface area contributed by atoms with Gasteiger partial charge in [0.05, 0.1) is 5.75 Å². The summed E-state index contributed by atoms with van der Waals surface area (Å²) in [6.07, 6.45) is 3.83. The number of carbonyl (C=O) groups is 1. The van der Waals surface area contributed by atoms with Gasteiger partial charge in [-0.05, 0) is 29.2 Å². The Morgan fingerprint density at radius 2 is 1.85 bits per heavy atom. The van der Waals surface area contributed by atoms with Crippen LogP contribution >= 0.6 is 11.8 Å². The lowest BCUT2D eigenvalue weighted by atomic mass is 10.0. The molecule has 0 aliphatic rings. The van der Waals surface area contributed by atoms with E-state index in [1.54, 1.807) is 0 Å². The topological polar surface area (TPSA) is 70.7 Å². The molecular formula is C21H22N4OS. The van der Waals surface area contributed by atoms with Gasteiger partial charge in [-0.1, -0.05) is 80.2 Å². The summed E-state index contributed by atoms with van der Waals surface area (Å²) in [4.78, 5) is 16.6. The van der Waals surface area contributed by atoms with Crippen molar-refractivity contribution in [2.45, 2.75) is 24.9 Å². The second-order valence-electron chi connectivity index (χ2n) is 6.33. The summed E-state index contributed by atoms with van der Waals surface area (Å²) in [5.74, 6) is 1.19. The van der Waals surface area contributed by atoms with Crippen LogP contribution in [-0.4, -0.2) is 26.8 Å². The van der Waals surface area contributed by atoms with Gasteiger partial charge in [-0.3, -0.25) is 9.89 Å². The molecule has 0 saturated heterocycles. The van der Waals surface area contributed by atoms with Crippen molar-refractivity contribution in [3.05, 3.63) is 71.5 Å². The summed E-state index contributed by atoms with van der Waals surface area (Å²) < 4.78 is 0. The maximum atomic E-state index is 12.3. The summed E-state index contributed by atoms with van der Waals surface area (Å²) >= 11 is 1.31. The van der Waals surface area contributed by atoms with Gasteiger partial charge in [0, 0.05) is 5.69 Å². The van der Waals surface area contributed by atoms with Crippen LogP contribution in [0, 0.1) is 0 Å². The molecule has 0 spiro atoms. The molecule has 0 unspecified atom stereocenters. The third kappa shape index (κ3) is 5.56. The molecule has 5 nitrogen and oxygen atoms in total. The normalized spacial score (nSPS) is 11.2. The minimum absolute atomic E-state index is 0.0701. The van der Waals surface area contributed by atoms with Gasteiger partial charge in [-0.25, -0.2) is 4.98 Å². The van der Waals surface area contributed by atoms with Crippen LogP contribution in [0.15, 0.2) is 59.8 Å². The highest BCUT2D eigenvalue weighted by Gasteiger charge is 2.11. The molecule has 0 saturated carbocycles. The fraction of sp³-hybridized carbons (Fsp3) is 0.190. The molecule has 0 fully saturated rings. The molecule has 2 N–H and O–H groups in total. The van der Waals surface area contributed by atoms with E-state index in [9.17, 15) is 4.79 Å². The van der Waals surface area contributed by atoms with E-state index in [0.29, 0.717) is 16.9 Å². The standard InChI is InChI=1S/C21H22N4OS/c1-15(2)17-10-6-7-11-18(17)22-20(26)14-27-21-23-19(24-25-21)13-12-16-8-4-3-5-9-16/h3-13,15H,14H2,1-2H3,(H,22,26)(H,23,24,25)/b13-12+. The van der Waals surface area contributed by atoms with Crippen LogP contribution in [0.5, 0.6) is 0 Å². The predicted octanol–water partition coefficient (Wildman–Crippen LogP) is 4.83. The highest BCUT2D eigenvalue weighted by Crippen LogP contribution is 2.24. The lowest BCUT2D eigenvalue weighted by Crippen LogP contribution is -2.15. The number of amides is 1. The van der Waals surface area contributed by atoms with Crippen molar-refractivity contribution >= 4 is 35.5 Å². The average Bonchev–Trinajstić information content (AvgIpc) is 3.14. The van der Waals surface area contributed by atoms with Crippen molar-refractivity contribution in [1.29, 1.82) is 0 Å². The zero-order chi connectivity index (χ0) is 19.1. The van der Waals surface area contributed by atoms with Gasteiger partial charge in [-0.15, -0.1) is 5.10 Å². The molecule has 0 bridgehead atoms. The molecule has 1 aromatic heterocycles. The SMILES string of the molecule is CC(C)c1ccccc1NC(=O)CSc1n[nH]c(/C=C/c2ccccc2)n1. The number of para-hydroxylation sites is 1. The number of nitrogens with one attached hydrogen (secondary N) is 2. The molecule has 0 radical (unpaired) electrons. The van der Waals surface area contributed by atoms with E-state index in [1.165, 1.54) is 11.8 Å². The molecule has 0 aliphatic heterocycles. The van der Waals surface area contributed by atoms with Crippen LogP contribution in [0.2, 0.25) is 0 Å². The van der Waals surface area contributed by atoms with Gasteiger partial charge >= 0.3 is 0 Å². The first-order valence-electron chi connectivity index (χ1n) is 8.79. The molecule has 2 aromatic carbocycles. The third-order valence-electron chi connectivity index (χ3n) is 3.90.